The average molecular weight is 414 g/mol. The van der Waals surface area contributed by atoms with Crippen molar-refractivity contribution in [2.24, 2.45) is 0 Å². The highest BCUT2D eigenvalue weighted by atomic mass is 19.1. The Morgan fingerprint density at radius 1 is 1.20 bits per heavy atom. The molecule has 30 heavy (non-hydrogen) atoms. The minimum absolute atomic E-state index is 0.0656. The molecule has 0 aliphatic rings. The van der Waals surface area contributed by atoms with E-state index in [1.165, 1.54) is 19.2 Å². The van der Waals surface area contributed by atoms with Gasteiger partial charge >= 0.3 is 12.1 Å². The minimum Gasteiger partial charge on any atom is -0.465 e. The number of halogens is 1. The Bertz CT molecular complexity index is 1110. The zero-order chi connectivity index (χ0) is 22.1. The summed E-state index contributed by atoms with van der Waals surface area (Å²) in [4.78, 5) is 28.2. The molecule has 0 spiro atoms. The first-order chi connectivity index (χ1) is 14.1. The van der Waals surface area contributed by atoms with Gasteiger partial charge in [0.05, 0.1) is 12.7 Å². The van der Waals surface area contributed by atoms with Gasteiger partial charge in [0.1, 0.15) is 16.9 Å². The van der Waals surface area contributed by atoms with E-state index in [0.29, 0.717) is 22.6 Å². The van der Waals surface area contributed by atoms with Crippen LogP contribution in [0.4, 0.5) is 9.18 Å². The zero-order valence-corrected chi connectivity index (χ0v) is 17.5. The molecule has 158 valence electrons. The number of carbonyl (C=O) groups is 2. The van der Waals surface area contributed by atoms with Gasteiger partial charge in [0.2, 0.25) is 0 Å². The number of nitrogens with one attached hydrogen (secondary N) is 1. The number of oxazole rings is 1. The number of esters is 1. The predicted octanol–water partition coefficient (Wildman–Crippen LogP) is 4.75. The molecule has 0 saturated carbocycles. The second-order valence-electron chi connectivity index (χ2n) is 7.73. The van der Waals surface area contributed by atoms with Gasteiger partial charge in [-0.2, -0.15) is 0 Å². The van der Waals surface area contributed by atoms with Crippen molar-refractivity contribution in [1.29, 1.82) is 0 Å². The van der Waals surface area contributed by atoms with Crippen LogP contribution in [0.5, 0.6) is 0 Å². The number of rotatable bonds is 4. The summed E-state index contributed by atoms with van der Waals surface area (Å²) in [6, 6.07) is 7.82. The van der Waals surface area contributed by atoms with Crippen LogP contribution in [0, 0.1) is 12.7 Å². The van der Waals surface area contributed by atoms with E-state index in [2.05, 4.69) is 10.3 Å². The molecule has 2 aromatic carbocycles. The number of methoxy groups -OCH3 is 1. The predicted molar refractivity (Wildman–Crippen MR) is 109 cm³/mol. The first-order valence-electron chi connectivity index (χ1n) is 9.33. The Balaban J connectivity index is 2.00. The van der Waals surface area contributed by atoms with Crippen molar-refractivity contribution in [3.8, 4) is 11.1 Å². The molecule has 1 N–H and O–H groups in total. The van der Waals surface area contributed by atoms with Gasteiger partial charge in [-0.15, -0.1) is 0 Å². The number of aryl methyl sites for hydroxylation is 1. The fourth-order valence-corrected chi connectivity index (χ4v) is 2.99. The topological polar surface area (TPSA) is 90.7 Å². The molecule has 3 aromatic rings. The monoisotopic (exact) mass is 414 g/mol. The largest absolute Gasteiger partial charge is 0.465 e. The van der Waals surface area contributed by atoms with Crippen LogP contribution >= 0.6 is 0 Å². The van der Waals surface area contributed by atoms with Crippen LogP contribution in [0.1, 0.15) is 42.6 Å². The summed E-state index contributed by atoms with van der Waals surface area (Å²) in [5, 5.41) is 2.54. The number of benzene rings is 2. The normalized spacial score (nSPS) is 11.4. The molecule has 3 rings (SSSR count). The van der Waals surface area contributed by atoms with Gasteiger partial charge < -0.3 is 19.2 Å². The Morgan fingerprint density at radius 2 is 1.93 bits per heavy atom. The van der Waals surface area contributed by atoms with Crippen LogP contribution in [0.15, 0.2) is 34.7 Å². The number of alkyl carbamates (subject to hydrolysis) is 1. The third kappa shape index (κ3) is 4.59. The van der Waals surface area contributed by atoms with Gasteiger partial charge in [0, 0.05) is 30.2 Å². The van der Waals surface area contributed by atoms with Crippen molar-refractivity contribution in [3.05, 3.63) is 53.2 Å². The van der Waals surface area contributed by atoms with Gasteiger partial charge in [-0.25, -0.2) is 19.0 Å². The molecule has 0 radical (unpaired) electrons. The maximum absolute atomic E-state index is 15.3. The molecule has 0 aliphatic heterocycles. The molecule has 1 heterocycles. The van der Waals surface area contributed by atoms with E-state index < -0.39 is 23.5 Å². The molecular formula is C22H23FN2O5. The van der Waals surface area contributed by atoms with Crippen molar-refractivity contribution in [2.45, 2.75) is 39.8 Å². The first kappa shape index (κ1) is 21.3. The van der Waals surface area contributed by atoms with Crippen LogP contribution in [-0.4, -0.2) is 29.8 Å². The summed E-state index contributed by atoms with van der Waals surface area (Å²) in [5.74, 6) is -0.732. The van der Waals surface area contributed by atoms with Crippen LogP contribution in [-0.2, 0) is 16.0 Å². The average Bonchev–Trinajstić information content (AvgIpc) is 3.04. The van der Waals surface area contributed by atoms with Gasteiger partial charge in [0.15, 0.2) is 11.5 Å². The molecule has 0 atom stereocenters. The van der Waals surface area contributed by atoms with Gasteiger partial charge in [0.25, 0.3) is 0 Å². The Hall–Kier alpha value is -3.42. The molecule has 0 unspecified atom stereocenters. The summed E-state index contributed by atoms with van der Waals surface area (Å²) >= 11 is 0. The SMILES string of the molecule is COC(=O)c1cc(-c2cccc(CNC(=O)OC(C)(C)C)c2F)c2oc(C)nc2c1. The summed E-state index contributed by atoms with van der Waals surface area (Å²) in [7, 11) is 1.27. The molecule has 0 saturated heterocycles. The fourth-order valence-electron chi connectivity index (χ4n) is 2.99. The summed E-state index contributed by atoms with van der Waals surface area (Å²) in [6.45, 7) is 6.83. The van der Waals surface area contributed by atoms with Crippen molar-refractivity contribution in [2.75, 3.05) is 7.11 Å². The molecule has 1 amide bonds. The Morgan fingerprint density at radius 3 is 2.60 bits per heavy atom. The molecule has 0 aliphatic carbocycles. The second kappa shape index (κ2) is 8.14. The lowest BCUT2D eigenvalue weighted by Crippen LogP contribution is -2.32. The maximum Gasteiger partial charge on any atom is 0.407 e. The number of nitrogens with zero attached hydrogens (tertiary/aromatic N) is 1. The Kier molecular flexibility index (Phi) is 5.78. The molecule has 1 aromatic heterocycles. The highest BCUT2D eigenvalue weighted by Crippen LogP contribution is 2.33. The van der Waals surface area contributed by atoms with Crippen LogP contribution in [0.3, 0.4) is 0 Å². The standard InChI is InChI=1S/C22H23FN2O5/c1-12-25-17-10-14(20(26)28-5)9-16(19(17)29-12)15-8-6-7-13(18(15)23)11-24-21(27)30-22(2,3)4/h6-10H,11H2,1-5H3,(H,24,27). The van der Waals surface area contributed by atoms with E-state index in [1.807, 2.05) is 0 Å². The van der Waals surface area contributed by atoms with Crippen molar-refractivity contribution < 1.29 is 27.9 Å². The highest BCUT2D eigenvalue weighted by Gasteiger charge is 2.20. The van der Waals surface area contributed by atoms with E-state index in [9.17, 15) is 9.59 Å². The zero-order valence-electron chi connectivity index (χ0n) is 17.5. The molecular weight excluding hydrogens is 391 g/mol. The summed E-state index contributed by atoms with van der Waals surface area (Å²) < 4.78 is 30.9. The van der Waals surface area contributed by atoms with Crippen molar-refractivity contribution >= 4 is 23.2 Å². The van der Waals surface area contributed by atoms with Gasteiger partial charge in [-0.3, -0.25) is 0 Å². The van der Waals surface area contributed by atoms with E-state index in [4.69, 9.17) is 13.9 Å². The second-order valence-corrected chi connectivity index (χ2v) is 7.73. The first-order valence-corrected chi connectivity index (χ1v) is 9.33. The fraction of sp³-hybridized carbons (Fsp3) is 0.318. The number of hydrogen-bond donors (Lipinski definition) is 1. The van der Waals surface area contributed by atoms with Crippen molar-refractivity contribution in [1.82, 2.24) is 10.3 Å². The molecule has 7 nitrogen and oxygen atoms in total. The third-order valence-corrected chi connectivity index (χ3v) is 4.21. The third-order valence-electron chi connectivity index (χ3n) is 4.21. The number of amides is 1. The number of carbonyl (C=O) groups excluding carboxylic acids is 2. The van der Waals surface area contributed by atoms with E-state index in [0.717, 1.165) is 0 Å². The highest BCUT2D eigenvalue weighted by molar-refractivity contribution is 5.99. The lowest BCUT2D eigenvalue weighted by molar-refractivity contribution is 0.0522. The van der Waals surface area contributed by atoms with Crippen LogP contribution in [0.2, 0.25) is 0 Å². The number of ether oxygens (including phenoxy) is 2. The van der Waals surface area contributed by atoms with Crippen LogP contribution in [0.25, 0.3) is 22.2 Å². The van der Waals surface area contributed by atoms with E-state index in [-0.39, 0.29) is 23.2 Å². The Labute approximate surface area is 173 Å². The smallest absolute Gasteiger partial charge is 0.407 e. The lowest BCUT2D eigenvalue weighted by Gasteiger charge is -2.20. The minimum atomic E-state index is -0.658. The number of hydrogen-bond acceptors (Lipinski definition) is 6. The van der Waals surface area contributed by atoms with E-state index >= 15 is 4.39 Å². The lowest BCUT2D eigenvalue weighted by atomic mass is 9.99. The molecule has 0 fully saturated rings. The quantitative estimate of drug-likeness (QED) is 0.620. The summed E-state index contributed by atoms with van der Waals surface area (Å²) in [5.41, 5.74) is 1.18. The van der Waals surface area contributed by atoms with E-state index in [1.54, 1.807) is 45.9 Å². The van der Waals surface area contributed by atoms with Crippen molar-refractivity contribution in [3.63, 3.8) is 0 Å². The number of aromatic nitrogens is 1. The molecule has 8 heteroatoms. The maximum atomic E-state index is 15.3. The summed E-state index contributed by atoms with van der Waals surface area (Å²) in [6.07, 6.45) is -0.645. The number of fused-ring (bicyclic) bond motifs is 1. The molecule has 0 bridgehead atoms. The van der Waals surface area contributed by atoms with Gasteiger partial charge in [-0.05, 0) is 32.9 Å². The van der Waals surface area contributed by atoms with Crippen LogP contribution < -0.4 is 5.32 Å². The van der Waals surface area contributed by atoms with Gasteiger partial charge in [-0.1, -0.05) is 18.2 Å².